The minimum Gasteiger partial charge on any atom is -0.422 e. The number of para-hydroxylation sites is 1. The molecule has 1 saturated heterocycles. The molecular weight excluding hydrogens is 378 g/mol. The van der Waals surface area contributed by atoms with Gasteiger partial charge in [-0.1, -0.05) is 48.5 Å². The van der Waals surface area contributed by atoms with Crippen LogP contribution in [0.4, 0.5) is 0 Å². The standard InChI is InChI=1S/C21H19NO5S/c23-20(17-14-16-8-4-5-9-18(16)27-21(17)24)22-11-10-19(28(25,26)13-12-22)15-6-2-1-3-7-15/h1-9,14,19H,10-13H2. The summed E-state index contributed by atoms with van der Waals surface area (Å²) < 4.78 is 30.7. The third-order valence-electron chi connectivity index (χ3n) is 5.07. The number of benzene rings is 2. The van der Waals surface area contributed by atoms with Crippen molar-refractivity contribution in [3.63, 3.8) is 0 Å². The van der Waals surface area contributed by atoms with Crippen LogP contribution in [0.15, 0.2) is 69.9 Å². The van der Waals surface area contributed by atoms with Crippen LogP contribution in [0.2, 0.25) is 0 Å². The molecule has 0 aliphatic carbocycles. The van der Waals surface area contributed by atoms with Crippen molar-refractivity contribution in [2.45, 2.75) is 11.7 Å². The lowest BCUT2D eigenvalue weighted by Crippen LogP contribution is -2.36. The lowest BCUT2D eigenvalue weighted by molar-refractivity contribution is 0.0762. The van der Waals surface area contributed by atoms with Gasteiger partial charge in [-0.3, -0.25) is 4.79 Å². The molecule has 1 aliphatic rings. The molecule has 0 spiro atoms. The Morgan fingerprint density at radius 3 is 2.50 bits per heavy atom. The number of carbonyl (C=O) groups is 1. The molecule has 0 radical (unpaired) electrons. The Morgan fingerprint density at radius 1 is 1.00 bits per heavy atom. The van der Waals surface area contributed by atoms with Crippen LogP contribution >= 0.6 is 0 Å². The number of hydrogen-bond acceptors (Lipinski definition) is 5. The van der Waals surface area contributed by atoms with Gasteiger partial charge >= 0.3 is 5.63 Å². The predicted molar refractivity (Wildman–Crippen MR) is 106 cm³/mol. The molecule has 0 saturated carbocycles. The summed E-state index contributed by atoms with van der Waals surface area (Å²) in [6.45, 7) is 0.306. The number of sulfone groups is 1. The molecule has 3 aromatic rings. The zero-order valence-corrected chi connectivity index (χ0v) is 15.9. The van der Waals surface area contributed by atoms with Gasteiger partial charge in [0.05, 0.1) is 11.0 Å². The Kier molecular flexibility index (Phi) is 4.77. The lowest BCUT2D eigenvalue weighted by Gasteiger charge is -2.19. The molecular formula is C21H19NO5S. The second-order valence-electron chi connectivity index (χ2n) is 6.83. The molecule has 1 atom stereocenters. The highest BCUT2D eigenvalue weighted by Crippen LogP contribution is 2.29. The van der Waals surface area contributed by atoms with Gasteiger partial charge < -0.3 is 9.32 Å². The fourth-order valence-corrected chi connectivity index (χ4v) is 5.37. The van der Waals surface area contributed by atoms with Crippen molar-refractivity contribution in [3.8, 4) is 0 Å². The van der Waals surface area contributed by atoms with E-state index in [1.54, 1.807) is 48.5 Å². The number of rotatable bonds is 2. The molecule has 1 amide bonds. The van der Waals surface area contributed by atoms with Gasteiger partial charge in [-0.25, -0.2) is 13.2 Å². The van der Waals surface area contributed by atoms with Crippen LogP contribution in [-0.4, -0.2) is 38.1 Å². The maximum absolute atomic E-state index is 12.9. The SMILES string of the molecule is O=C(c1cc2ccccc2oc1=O)N1CCC(c2ccccc2)S(=O)(=O)CC1. The largest absolute Gasteiger partial charge is 0.422 e. The average molecular weight is 397 g/mol. The summed E-state index contributed by atoms with van der Waals surface area (Å²) in [7, 11) is -3.40. The molecule has 28 heavy (non-hydrogen) atoms. The van der Waals surface area contributed by atoms with Crippen molar-refractivity contribution < 1.29 is 17.6 Å². The van der Waals surface area contributed by atoms with E-state index in [4.69, 9.17) is 4.42 Å². The summed E-state index contributed by atoms with van der Waals surface area (Å²) in [4.78, 5) is 26.7. The Hall–Kier alpha value is -2.93. The monoisotopic (exact) mass is 397 g/mol. The van der Waals surface area contributed by atoms with E-state index >= 15 is 0 Å². The van der Waals surface area contributed by atoms with Gasteiger partial charge in [0.1, 0.15) is 11.1 Å². The van der Waals surface area contributed by atoms with Crippen LogP contribution in [-0.2, 0) is 9.84 Å². The van der Waals surface area contributed by atoms with Gasteiger partial charge in [0.25, 0.3) is 5.91 Å². The molecule has 144 valence electrons. The van der Waals surface area contributed by atoms with Gasteiger partial charge in [0.2, 0.25) is 0 Å². The van der Waals surface area contributed by atoms with Gasteiger partial charge in [0.15, 0.2) is 9.84 Å². The van der Waals surface area contributed by atoms with Crippen LogP contribution in [0.3, 0.4) is 0 Å². The first-order valence-electron chi connectivity index (χ1n) is 9.04. The first-order chi connectivity index (χ1) is 13.5. The molecule has 0 N–H and O–H groups in total. The van der Waals surface area contributed by atoms with Crippen molar-refractivity contribution in [1.82, 2.24) is 4.90 Å². The first kappa shape index (κ1) is 18.4. The van der Waals surface area contributed by atoms with Crippen LogP contribution in [0.1, 0.15) is 27.6 Å². The third kappa shape index (κ3) is 3.45. The van der Waals surface area contributed by atoms with Crippen molar-refractivity contribution in [3.05, 3.63) is 82.2 Å². The minimum atomic E-state index is -3.40. The third-order valence-corrected chi connectivity index (χ3v) is 7.20. The minimum absolute atomic E-state index is 0.0523. The number of carbonyl (C=O) groups excluding carboxylic acids is 1. The highest BCUT2D eigenvalue weighted by Gasteiger charge is 2.33. The van der Waals surface area contributed by atoms with E-state index in [-0.39, 0.29) is 30.8 Å². The van der Waals surface area contributed by atoms with Crippen molar-refractivity contribution in [2.75, 3.05) is 18.8 Å². The molecule has 1 unspecified atom stereocenters. The van der Waals surface area contributed by atoms with Gasteiger partial charge in [-0.05, 0) is 24.1 Å². The maximum atomic E-state index is 12.9. The highest BCUT2D eigenvalue weighted by molar-refractivity contribution is 7.91. The zero-order valence-electron chi connectivity index (χ0n) is 15.1. The molecule has 6 nitrogen and oxygen atoms in total. The molecule has 2 heterocycles. The molecule has 0 bridgehead atoms. The molecule has 1 aromatic heterocycles. The van der Waals surface area contributed by atoms with E-state index in [2.05, 4.69) is 0 Å². The van der Waals surface area contributed by atoms with Gasteiger partial charge in [0, 0.05) is 18.5 Å². The summed E-state index contributed by atoms with van der Waals surface area (Å²) in [5.41, 5.74) is 0.346. The van der Waals surface area contributed by atoms with Crippen LogP contribution < -0.4 is 5.63 Å². The smallest absolute Gasteiger partial charge is 0.349 e. The summed E-state index contributed by atoms with van der Waals surface area (Å²) in [5, 5.41) is -0.00503. The summed E-state index contributed by atoms with van der Waals surface area (Å²) >= 11 is 0. The normalized spacial score (nSPS) is 19.3. The number of nitrogens with zero attached hydrogens (tertiary/aromatic N) is 1. The molecule has 2 aromatic carbocycles. The zero-order chi connectivity index (χ0) is 19.7. The molecule has 1 aliphatic heterocycles. The van der Waals surface area contributed by atoms with E-state index in [0.717, 1.165) is 5.56 Å². The van der Waals surface area contributed by atoms with Crippen molar-refractivity contribution in [2.24, 2.45) is 0 Å². The Balaban J connectivity index is 1.63. The number of amides is 1. The molecule has 4 rings (SSSR count). The van der Waals surface area contributed by atoms with E-state index in [1.165, 1.54) is 11.0 Å². The second kappa shape index (κ2) is 7.24. The van der Waals surface area contributed by atoms with E-state index in [9.17, 15) is 18.0 Å². The average Bonchev–Trinajstić information content (AvgIpc) is 2.85. The summed E-state index contributed by atoms with van der Waals surface area (Å²) in [6, 6.07) is 17.5. The summed E-state index contributed by atoms with van der Waals surface area (Å²) in [5.74, 6) is -0.638. The first-order valence-corrected chi connectivity index (χ1v) is 10.8. The van der Waals surface area contributed by atoms with E-state index in [1.807, 2.05) is 6.07 Å². The van der Waals surface area contributed by atoms with E-state index < -0.39 is 26.6 Å². The van der Waals surface area contributed by atoms with Gasteiger partial charge in [-0.2, -0.15) is 0 Å². The fraction of sp³-hybridized carbons (Fsp3) is 0.238. The predicted octanol–water partition coefficient (Wildman–Crippen LogP) is 2.80. The van der Waals surface area contributed by atoms with Crippen LogP contribution in [0, 0.1) is 0 Å². The second-order valence-corrected chi connectivity index (χ2v) is 9.14. The quantitative estimate of drug-likeness (QED) is 0.621. The number of hydrogen-bond donors (Lipinski definition) is 0. The van der Waals surface area contributed by atoms with E-state index in [0.29, 0.717) is 11.0 Å². The molecule has 1 fully saturated rings. The van der Waals surface area contributed by atoms with Crippen LogP contribution in [0.25, 0.3) is 11.0 Å². The maximum Gasteiger partial charge on any atom is 0.349 e. The Labute approximate surface area is 162 Å². The summed E-state index contributed by atoms with van der Waals surface area (Å²) in [6.07, 6.45) is 0.289. The Bertz CT molecular complexity index is 1180. The fourth-order valence-electron chi connectivity index (χ4n) is 3.57. The van der Waals surface area contributed by atoms with Crippen molar-refractivity contribution in [1.29, 1.82) is 0 Å². The lowest BCUT2D eigenvalue weighted by atomic mass is 10.1. The topological polar surface area (TPSA) is 84.7 Å². The van der Waals surface area contributed by atoms with Gasteiger partial charge in [-0.15, -0.1) is 0 Å². The van der Waals surface area contributed by atoms with Crippen LogP contribution in [0.5, 0.6) is 0 Å². The Morgan fingerprint density at radius 2 is 1.71 bits per heavy atom. The van der Waals surface area contributed by atoms with Crippen molar-refractivity contribution >= 4 is 26.7 Å². The molecule has 7 heteroatoms. The number of fused-ring (bicyclic) bond motifs is 1. The highest BCUT2D eigenvalue weighted by atomic mass is 32.2.